The fraction of sp³-hybridized carbons (Fsp3) is 0.364. The number of nitrogens with one attached hydrogen (secondary N) is 1. The standard InChI is InChI=1S/C22H28N4O3.HI/c1-3-28-18-9-10-20(29-4-2)19(13-18)25-22(23)24-14-21(27)26-12-11-16-7-5-6-8-17(16)15-26;/h5-10,13H,3-4,11-12,14-15H2,1-2H3,(H3,23,24,25);1H. The van der Waals surface area contributed by atoms with Crippen LogP contribution in [0, 0.1) is 0 Å². The predicted molar refractivity (Wildman–Crippen MR) is 130 cm³/mol. The molecule has 30 heavy (non-hydrogen) atoms. The number of carbonyl (C=O) groups excluding carboxylic acids is 1. The fourth-order valence-electron chi connectivity index (χ4n) is 3.28. The topological polar surface area (TPSA) is 89.2 Å². The number of benzene rings is 2. The molecule has 1 aliphatic heterocycles. The molecule has 0 saturated carbocycles. The van der Waals surface area contributed by atoms with Crippen LogP contribution < -0.4 is 20.5 Å². The lowest BCUT2D eigenvalue weighted by molar-refractivity contribution is -0.130. The van der Waals surface area contributed by atoms with Gasteiger partial charge in [0.25, 0.3) is 0 Å². The zero-order valence-electron chi connectivity index (χ0n) is 17.4. The number of halogens is 1. The maximum Gasteiger partial charge on any atom is 0.244 e. The third kappa shape index (κ3) is 6.25. The van der Waals surface area contributed by atoms with Gasteiger partial charge in [0, 0.05) is 19.2 Å². The molecule has 0 aliphatic carbocycles. The van der Waals surface area contributed by atoms with E-state index in [-0.39, 0.29) is 42.4 Å². The lowest BCUT2D eigenvalue weighted by Crippen LogP contribution is -2.38. The number of aliphatic imine (C=N–C) groups is 1. The summed E-state index contributed by atoms with van der Waals surface area (Å²) in [5.74, 6) is 1.46. The van der Waals surface area contributed by atoms with Crippen molar-refractivity contribution in [3.05, 3.63) is 53.6 Å². The fourth-order valence-corrected chi connectivity index (χ4v) is 3.28. The van der Waals surface area contributed by atoms with Gasteiger partial charge < -0.3 is 25.4 Å². The van der Waals surface area contributed by atoms with Crippen LogP contribution in [0.4, 0.5) is 5.69 Å². The summed E-state index contributed by atoms with van der Waals surface area (Å²) in [6.07, 6.45) is 0.862. The first-order valence-electron chi connectivity index (χ1n) is 9.91. The molecular formula is C22H29IN4O3. The van der Waals surface area contributed by atoms with Gasteiger partial charge in [0.1, 0.15) is 18.0 Å². The average molecular weight is 524 g/mol. The Balaban J connectivity index is 0.00000320. The number of hydrogen-bond acceptors (Lipinski definition) is 4. The van der Waals surface area contributed by atoms with E-state index < -0.39 is 0 Å². The van der Waals surface area contributed by atoms with Crippen molar-refractivity contribution in [3.8, 4) is 11.5 Å². The van der Waals surface area contributed by atoms with Crippen molar-refractivity contribution in [2.45, 2.75) is 26.8 Å². The second kappa shape index (κ2) is 11.6. The second-order valence-corrected chi connectivity index (χ2v) is 6.68. The summed E-state index contributed by atoms with van der Waals surface area (Å²) in [6.45, 7) is 6.22. The van der Waals surface area contributed by atoms with Crippen LogP contribution in [0.2, 0.25) is 0 Å². The summed E-state index contributed by atoms with van der Waals surface area (Å²) >= 11 is 0. The number of guanidine groups is 1. The monoisotopic (exact) mass is 524 g/mol. The van der Waals surface area contributed by atoms with Crippen molar-refractivity contribution in [1.29, 1.82) is 0 Å². The van der Waals surface area contributed by atoms with Crippen LogP contribution in [-0.4, -0.2) is 43.1 Å². The first-order valence-corrected chi connectivity index (χ1v) is 9.91. The molecule has 1 amide bonds. The summed E-state index contributed by atoms with van der Waals surface area (Å²) in [7, 11) is 0. The Hall–Kier alpha value is -2.49. The summed E-state index contributed by atoms with van der Waals surface area (Å²) in [5.41, 5.74) is 9.17. The van der Waals surface area contributed by atoms with Crippen molar-refractivity contribution in [2.75, 3.05) is 31.6 Å². The maximum absolute atomic E-state index is 12.6. The van der Waals surface area contributed by atoms with E-state index in [2.05, 4.69) is 22.4 Å². The molecule has 2 aromatic rings. The van der Waals surface area contributed by atoms with Crippen LogP contribution in [0.5, 0.6) is 11.5 Å². The van der Waals surface area contributed by atoms with Gasteiger partial charge in [0.2, 0.25) is 5.91 Å². The molecule has 162 valence electrons. The highest BCUT2D eigenvalue weighted by Gasteiger charge is 2.20. The minimum Gasteiger partial charge on any atom is -0.494 e. The highest BCUT2D eigenvalue weighted by molar-refractivity contribution is 14.0. The Morgan fingerprint density at radius 3 is 2.60 bits per heavy atom. The van der Waals surface area contributed by atoms with E-state index in [0.717, 1.165) is 6.42 Å². The average Bonchev–Trinajstić information content (AvgIpc) is 2.74. The van der Waals surface area contributed by atoms with Crippen LogP contribution in [0.15, 0.2) is 47.5 Å². The van der Waals surface area contributed by atoms with Gasteiger partial charge in [-0.05, 0) is 43.5 Å². The molecule has 0 saturated heterocycles. The van der Waals surface area contributed by atoms with Crippen molar-refractivity contribution in [2.24, 2.45) is 10.7 Å². The molecule has 3 N–H and O–H groups in total. The van der Waals surface area contributed by atoms with Gasteiger partial charge in [-0.25, -0.2) is 4.99 Å². The van der Waals surface area contributed by atoms with Crippen molar-refractivity contribution in [3.63, 3.8) is 0 Å². The number of hydrogen-bond donors (Lipinski definition) is 2. The summed E-state index contributed by atoms with van der Waals surface area (Å²) in [5, 5.41) is 3.02. The van der Waals surface area contributed by atoms with Gasteiger partial charge >= 0.3 is 0 Å². The Labute approximate surface area is 194 Å². The Bertz CT molecular complexity index is 888. The smallest absolute Gasteiger partial charge is 0.244 e. The number of nitrogens with two attached hydrogens (primary N) is 1. The minimum atomic E-state index is -0.0441. The van der Waals surface area contributed by atoms with Gasteiger partial charge in [0.15, 0.2) is 5.96 Å². The molecular weight excluding hydrogens is 495 g/mol. The van der Waals surface area contributed by atoms with Crippen molar-refractivity contribution >= 4 is 41.5 Å². The first-order chi connectivity index (χ1) is 14.1. The summed E-state index contributed by atoms with van der Waals surface area (Å²) < 4.78 is 11.2. The highest BCUT2D eigenvalue weighted by Crippen LogP contribution is 2.29. The van der Waals surface area contributed by atoms with Crippen molar-refractivity contribution < 1.29 is 14.3 Å². The van der Waals surface area contributed by atoms with Gasteiger partial charge in [-0.3, -0.25) is 4.79 Å². The van der Waals surface area contributed by atoms with Crippen LogP contribution in [-0.2, 0) is 17.8 Å². The third-order valence-corrected chi connectivity index (χ3v) is 4.69. The molecule has 7 nitrogen and oxygen atoms in total. The number of rotatable bonds is 7. The Morgan fingerprint density at radius 1 is 1.13 bits per heavy atom. The van der Waals surface area contributed by atoms with E-state index in [0.29, 0.717) is 43.5 Å². The van der Waals surface area contributed by atoms with Crippen LogP contribution in [0.1, 0.15) is 25.0 Å². The first kappa shape index (κ1) is 23.8. The number of amides is 1. The van der Waals surface area contributed by atoms with E-state index >= 15 is 0 Å². The van der Waals surface area contributed by atoms with E-state index in [1.165, 1.54) is 11.1 Å². The van der Waals surface area contributed by atoms with Crippen LogP contribution >= 0.6 is 24.0 Å². The molecule has 0 unspecified atom stereocenters. The molecule has 1 aliphatic rings. The Morgan fingerprint density at radius 2 is 1.87 bits per heavy atom. The molecule has 0 aromatic heterocycles. The number of fused-ring (bicyclic) bond motifs is 1. The molecule has 0 spiro atoms. The van der Waals surface area contributed by atoms with Gasteiger partial charge in [0.05, 0.1) is 18.9 Å². The third-order valence-electron chi connectivity index (χ3n) is 4.69. The lowest BCUT2D eigenvalue weighted by Gasteiger charge is -2.28. The van der Waals surface area contributed by atoms with Gasteiger partial charge in [-0.15, -0.1) is 24.0 Å². The largest absolute Gasteiger partial charge is 0.494 e. The van der Waals surface area contributed by atoms with Crippen molar-refractivity contribution in [1.82, 2.24) is 4.90 Å². The molecule has 0 bridgehead atoms. The summed E-state index contributed by atoms with van der Waals surface area (Å²) in [4.78, 5) is 18.6. The van der Waals surface area contributed by atoms with E-state index in [1.54, 1.807) is 6.07 Å². The SMILES string of the molecule is CCOc1ccc(OCC)c(NC(N)=NCC(=O)N2CCc3ccccc3C2)c1.I. The van der Waals surface area contributed by atoms with Crippen LogP contribution in [0.25, 0.3) is 0 Å². The quantitative estimate of drug-likeness (QED) is 0.329. The second-order valence-electron chi connectivity index (χ2n) is 6.68. The number of carbonyl (C=O) groups is 1. The molecule has 1 heterocycles. The lowest BCUT2D eigenvalue weighted by atomic mass is 10.00. The molecule has 3 rings (SSSR count). The van der Waals surface area contributed by atoms with Gasteiger partial charge in [-0.1, -0.05) is 24.3 Å². The van der Waals surface area contributed by atoms with E-state index in [4.69, 9.17) is 15.2 Å². The summed E-state index contributed by atoms with van der Waals surface area (Å²) in [6, 6.07) is 13.7. The van der Waals surface area contributed by atoms with E-state index in [1.807, 2.05) is 43.0 Å². The highest BCUT2D eigenvalue weighted by atomic mass is 127. The van der Waals surface area contributed by atoms with E-state index in [9.17, 15) is 4.79 Å². The number of ether oxygens (including phenoxy) is 2. The molecule has 2 aromatic carbocycles. The number of anilines is 1. The molecule has 0 atom stereocenters. The minimum absolute atomic E-state index is 0. The predicted octanol–water partition coefficient (Wildman–Crippen LogP) is 3.41. The maximum atomic E-state index is 12.6. The molecule has 0 fully saturated rings. The molecule has 0 radical (unpaired) electrons. The normalized spacial score (nSPS) is 13.1. The molecule has 8 heteroatoms. The van der Waals surface area contributed by atoms with Crippen LogP contribution in [0.3, 0.4) is 0 Å². The zero-order valence-corrected chi connectivity index (χ0v) is 19.7. The zero-order chi connectivity index (χ0) is 20.6. The van der Waals surface area contributed by atoms with Gasteiger partial charge in [-0.2, -0.15) is 0 Å². The Kier molecular flexibility index (Phi) is 9.22. The number of nitrogens with zero attached hydrogens (tertiary/aromatic N) is 2.